The number of thiocarbonyl (C=S) groups is 1. The zero-order valence-electron chi connectivity index (χ0n) is 7.58. The molecule has 0 saturated carbocycles. The molecule has 0 fully saturated rings. The lowest BCUT2D eigenvalue weighted by Crippen LogP contribution is -1.69. The second kappa shape index (κ2) is 4.97. The number of hydrogen-bond acceptors (Lipinski definition) is 6. The molecule has 0 N–H and O–H groups in total. The van der Waals surface area contributed by atoms with E-state index in [1.165, 1.54) is 5.16 Å². The quantitative estimate of drug-likeness (QED) is 0.202. The van der Waals surface area contributed by atoms with Crippen LogP contribution in [0, 0.1) is 0 Å². The van der Waals surface area contributed by atoms with Crippen molar-refractivity contribution in [3.8, 4) is 0 Å². The fraction of sp³-hybridized carbons (Fsp3) is 0. The predicted molar refractivity (Wildman–Crippen MR) is 60.2 cm³/mol. The van der Waals surface area contributed by atoms with Gasteiger partial charge in [-0.05, 0) is 12.2 Å². The van der Waals surface area contributed by atoms with Crippen molar-refractivity contribution in [3.63, 3.8) is 0 Å². The van der Waals surface area contributed by atoms with Crippen LogP contribution in [0.15, 0.2) is 22.8 Å². The van der Waals surface area contributed by atoms with Gasteiger partial charge in [0.15, 0.2) is 0 Å². The Balaban J connectivity index is 3.79. The van der Waals surface area contributed by atoms with E-state index in [0.717, 1.165) is 0 Å². The van der Waals surface area contributed by atoms with Gasteiger partial charge in [-0.25, -0.2) is 0 Å². The molecule has 1 atom stereocenters. The maximum absolute atomic E-state index is 13.5. The number of rotatable bonds is 1. The largest absolute Gasteiger partial charge is 0.425 e. The molecule has 1 heterocycles. The third kappa shape index (κ3) is 4.72. The Hall–Kier alpha value is 0.230. The van der Waals surface area contributed by atoms with Crippen molar-refractivity contribution in [1.82, 2.24) is 0 Å². The van der Waals surface area contributed by atoms with Crippen molar-refractivity contribution in [2.24, 2.45) is 22.8 Å². The Morgan fingerprint density at radius 1 is 0.722 bits per heavy atom. The summed E-state index contributed by atoms with van der Waals surface area (Å²) in [5.41, 5.74) is 0. The average Bonchev–Trinajstić information content (AvgIpc) is 1.91. The molecule has 1 unspecified atom stereocenters. The van der Waals surface area contributed by atoms with Gasteiger partial charge >= 0.3 is 31.1 Å². The van der Waals surface area contributed by atoms with Crippen LogP contribution < -0.4 is 0 Å². The molecule has 0 amide bonds. The molecule has 0 spiro atoms. The van der Waals surface area contributed by atoms with Crippen LogP contribution in [0.5, 0.6) is 0 Å². The molecule has 1 rings (SSSR count). The van der Waals surface area contributed by atoms with E-state index in [1.807, 2.05) is 9.03 Å². The lowest BCUT2D eigenvalue weighted by Gasteiger charge is -2.10. The lowest BCUT2D eigenvalue weighted by molar-refractivity contribution is 0.691. The van der Waals surface area contributed by atoms with Gasteiger partial charge in [0.2, 0.25) is 0 Å². The van der Waals surface area contributed by atoms with Crippen LogP contribution >= 0.6 is 43.4 Å². The molecule has 0 aliphatic carbocycles. The summed E-state index contributed by atoms with van der Waals surface area (Å²) < 4.78 is 99.5. The SMILES string of the molecule is FP1(F)=NP(F)(F)=NP(F)(N=C=S)=NP(F)(F)=N1. The summed E-state index contributed by atoms with van der Waals surface area (Å²) in [7, 11) is -24.2. The van der Waals surface area contributed by atoms with Crippen LogP contribution in [0.3, 0.4) is 0 Å². The minimum absolute atomic E-state index is 1.22. The third-order valence-corrected chi connectivity index (χ3v) is 8.61. The zero-order chi connectivity index (χ0) is 14.2. The minimum Gasteiger partial charge on any atom is -0.157 e. The molecular weight excluding hydrogens is 371 g/mol. The number of hydrogen-bond donors (Lipinski definition) is 0. The van der Waals surface area contributed by atoms with Crippen molar-refractivity contribution in [1.29, 1.82) is 0 Å². The number of halogens is 7. The van der Waals surface area contributed by atoms with E-state index in [-0.39, 0.29) is 0 Å². The van der Waals surface area contributed by atoms with Gasteiger partial charge in [-0.15, -0.1) is 48.0 Å². The molecule has 104 valence electrons. The molecule has 0 aromatic rings. The molecule has 18 heavy (non-hydrogen) atoms. The Morgan fingerprint density at radius 2 is 1.11 bits per heavy atom. The molecule has 0 bridgehead atoms. The molecule has 0 aromatic heterocycles. The van der Waals surface area contributed by atoms with Gasteiger partial charge in [-0.2, -0.15) is 4.20 Å². The molecule has 5 nitrogen and oxygen atoms in total. The van der Waals surface area contributed by atoms with Crippen LogP contribution in [-0.2, 0) is 0 Å². The van der Waals surface area contributed by atoms with Crippen LogP contribution in [0.4, 0.5) is 29.4 Å². The summed E-state index contributed by atoms with van der Waals surface area (Å²) in [4.78, 5) is 0. The van der Waals surface area contributed by atoms with Crippen molar-refractivity contribution in [2.75, 3.05) is 0 Å². The van der Waals surface area contributed by atoms with Gasteiger partial charge in [-0.1, -0.05) is 0 Å². The summed E-state index contributed by atoms with van der Waals surface area (Å²) in [6, 6.07) is 0. The van der Waals surface area contributed by atoms with Crippen LogP contribution in [0.2, 0.25) is 0 Å². The Labute approximate surface area is 101 Å². The van der Waals surface area contributed by atoms with E-state index in [0.29, 0.717) is 0 Å². The monoisotopic (exact) mass is 371 g/mol. The maximum atomic E-state index is 13.5. The lowest BCUT2D eigenvalue weighted by atomic mass is 11.8. The molecule has 0 radical (unpaired) electrons. The minimum atomic E-state index is -6.30. The number of isothiocyanates is 1. The first-order valence-electron chi connectivity index (χ1n) is 3.41. The van der Waals surface area contributed by atoms with Gasteiger partial charge in [0.05, 0.1) is 5.16 Å². The summed E-state index contributed by atoms with van der Waals surface area (Å²) in [6.45, 7) is 0. The van der Waals surface area contributed by atoms with Crippen molar-refractivity contribution in [3.05, 3.63) is 0 Å². The first kappa shape index (κ1) is 16.3. The van der Waals surface area contributed by atoms with Gasteiger partial charge in [0.25, 0.3) is 0 Å². The van der Waals surface area contributed by atoms with Gasteiger partial charge in [0.1, 0.15) is 0 Å². The smallest absolute Gasteiger partial charge is 0.157 e. The maximum Gasteiger partial charge on any atom is 0.425 e. The summed E-state index contributed by atoms with van der Waals surface area (Å²) >= 11 is 3.86. The predicted octanol–water partition coefficient (Wildman–Crippen LogP) is 7.67. The fourth-order valence-electron chi connectivity index (χ4n) is 0.696. The highest BCUT2D eigenvalue weighted by Crippen LogP contribution is 2.82. The average molecular weight is 371 g/mol. The summed E-state index contributed by atoms with van der Waals surface area (Å²) in [5.74, 6) is 0. The molecular formula is CF7N5P4S. The van der Waals surface area contributed by atoms with E-state index in [1.54, 1.807) is 9.03 Å². The van der Waals surface area contributed by atoms with E-state index in [2.05, 4.69) is 17.0 Å². The topological polar surface area (TPSA) is 61.8 Å². The molecule has 0 aromatic carbocycles. The number of nitrogens with zero attached hydrogens (tertiary/aromatic N) is 5. The highest BCUT2D eigenvalue weighted by atomic mass is 32.1. The van der Waals surface area contributed by atoms with Crippen LogP contribution in [0.25, 0.3) is 0 Å². The highest BCUT2D eigenvalue weighted by molar-refractivity contribution is 7.80. The molecule has 17 heteroatoms. The van der Waals surface area contributed by atoms with Crippen LogP contribution in [-0.4, -0.2) is 5.16 Å². The molecule has 1 aliphatic rings. The Bertz CT molecular complexity index is 624. The van der Waals surface area contributed by atoms with Crippen molar-refractivity contribution in [2.45, 2.75) is 0 Å². The Morgan fingerprint density at radius 3 is 1.56 bits per heavy atom. The van der Waals surface area contributed by atoms with E-state index >= 15 is 0 Å². The van der Waals surface area contributed by atoms with Gasteiger partial charge in [0, 0.05) is 0 Å². The zero-order valence-corrected chi connectivity index (χ0v) is 12.0. The molecule has 0 saturated heterocycles. The van der Waals surface area contributed by atoms with E-state index in [9.17, 15) is 29.4 Å². The second-order valence-electron chi connectivity index (χ2n) is 2.41. The highest BCUT2D eigenvalue weighted by Gasteiger charge is 2.39. The second-order valence-corrected chi connectivity index (χ2v) is 9.38. The summed E-state index contributed by atoms with van der Waals surface area (Å²) in [6.07, 6.45) is 0. The van der Waals surface area contributed by atoms with Crippen LogP contribution in [0.1, 0.15) is 0 Å². The summed E-state index contributed by atoms with van der Waals surface area (Å²) in [5, 5.41) is 1.22. The van der Waals surface area contributed by atoms with Crippen molar-refractivity contribution >= 4 is 48.5 Å². The first-order chi connectivity index (χ1) is 7.89. The fourth-order valence-corrected chi connectivity index (χ4v) is 7.55. The van der Waals surface area contributed by atoms with Gasteiger partial charge < -0.3 is 0 Å². The van der Waals surface area contributed by atoms with E-state index < -0.39 is 31.1 Å². The normalized spacial score (nSPS) is 32.2. The third-order valence-electron chi connectivity index (χ3n) is 1.04. The van der Waals surface area contributed by atoms with E-state index in [4.69, 9.17) is 0 Å². The van der Waals surface area contributed by atoms with Crippen molar-refractivity contribution < 1.29 is 29.4 Å². The standard InChI is InChI=1S/CF7N5P4S/c2-14(3)10-15(4,5)12-17(8,9-1-18)13-16(6,7)11-14. The van der Waals surface area contributed by atoms with Gasteiger partial charge in [-0.3, -0.25) is 0 Å². The first-order valence-corrected chi connectivity index (χ1v) is 9.79. The Kier molecular flexibility index (Phi) is 4.49. The molecule has 1 aliphatic heterocycles.